The molecule has 3 nitrogen and oxygen atoms in total. The molecular formula is C16H19ClN2OS. The van der Waals surface area contributed by atoms with Gasteiger partial charge in [-0.15, -0.1) is 11.8 Å². The Hall–Kier alpha value is -1.23. The summed E-state index contributed by atoms with van der Waals surface area (Å²) in [5.74, 6) is 1.71. The number of aromatic nitrogens is 1. The van der Waals surface area contributed by atoms with E-state index < -0.39 is 0 Å². The van der Waals surface area contributed by atoms with E-state index in [4.69, 9.17) is 16.3 Å². The summed E-state index contributed by atoms with van der Waals surface area (Å²) in [5, 5.41) is 4.86. The van der Waals surface area contributed by atoms with Gasteiger partial charge in [0.1, 0.15) is 5.75 Å². The van der Waals surface area contributed by atoms with Crippen LogP contribution >= 0.6 is 23.4 Å². The topological polar surface area (TPSA) is 34.1 Å². The van der Waals surface area contributed by atoms with Crippen molar-refractivity contribution < 1.29 is 4.74 Å². The Labute approximate surface area is 135 Å². The summed E-state index contributed by atoms with van der Waals surface area (Å²) in [6, 6.07) is 10.4. The summed E-state index contributed by atoms with van der Waals surface area (Å²) < 4.78 is 5.45. The Morgan fingerprint density at radius 2 is 2.14 bits per heavy atom. The van der Waals surface area contributed by atoms with Crippen LogP contribution in [0.4, 0.5) is 0 Å². The first-order valence-corrected chi connectivity index (χ1v) is 8.09. The number of ether oxygens (including phenoxy) is 1. The van der Waals surface area contributed by atoms with Gasteiger partial charge in [0.15, 0.2) is 0 Å². The number of thioether (sulfide) groups is 1. The SMILES string of the molecule is CNC(C)c1ccc(OC)c(CSc2ccc(Cl)cn2)c1. The van der Waals surface area contributed by atoms with E-state index in [2.05, 4.69) is 29.4 Å². The Morgan fingerprint density at radius 3 is 2.76 bits per heavy atom. The third kappa shape index (κ3) is 4.37. The van der Waals surface area contributed by atoms with Gasteiger partial charge in [-0.05, 0) is 43.8 Å². The molecule has 0 spiro atoms. The molecule has 112 valence electrons. The summed E-state index contributed by atoms with van der Waals surface area (Å²) in [5.41, 5.74) is 2.41. The molecule has 0 aliphatic heterocycles. The van der Waals surface area contributed by atoms with E-state index in [0.717, 1.165) is 16.5 Å². The Kier molecular flexibility index (Phi) is 5.91. The maximum absolute atomic E-state index is 5.85. The van der Waals surface area contributed by atoms with Crippen LogP contribution in [-0.2, 0) is 5.75 Å². The van der Waals surface area contributed by atoms with Crippen LogP contribution in [0.2, 0.25) is 5.02 Å². The first-order valence-electron chi connectivity index (χ1n) is 6.72. The third-order valence-electron chi connectivity index (χ3n) is 3.31. The number of rotatable bonds is 6. The van der Waals surface area contributed by atoms with Crippen molar-refractivity contribution in [2.45, 2.75) is 23.7 Å². The van der Waals surface area contributed by atoms with E-state index in [1.165, 1.54) is 11.1 Å². The van der Waals surface area contributed by atoms with Crippen LogP contribution in [0, 0.1) is 0 Å². The zero-order valence-electron chi connectivity index (χ0n) is 12.4. The largest absolute Gasteiger partial charge is 0.496 e. The Morgan fingerprint density at radius 1 is 1.33 bits per heavy atom. The van der Waals surface area contributed by atoms with Crippen LogP contribution in [0.15, 0.2) is 41.6 Å². The smallest absolute Gasteiger partial charge is 0.122 e. The molecule has 0 radical (unpaired) electrons. The van der Waals surface area contributed by atoms with Gasteiger partial charge in [0, 0.05) is 23.6 Å². The van der Waals surface area contributed by atoms with Gasteiger partial charge in [-0.25, -0.2) is 4.98 Å². The highest BCUT2D eigenvalue weighted by Gasteiger charge is 2.09. The van der Waals surface area contributed by atoms with E-state index in [-0.39, 0.29) is 0 Å². The van der Waals surface area contributed by atoms with Crippen LogP contribution in [0.5, 0.6) is 5.75 Å². The average Bonchev–Trinajstić information content (AvgIpc) is 2.53. The minimum Gasteiger partial charge on any atom is -0.496 e. The number of pyridine rings is 1. The number of hydrogen-bond acceptors (Lipinski definition) is 4. The minimum absolute atomic E-state index is 0.313. The monoisotopic (exact) mass is 322 g/mol. The van der Waals surface area contributed by atoms with Gasteiger partial charge in [-0.1, -0.05) is 17.7 Å². The maximum atomic E-state index is 5.85. The Bertz CT molecular complexity index is 589. The summed E-state index contributed by atoms with van der Waals surface area (Å²) in [6.07, 6.45) is 1.67. The lowest BCUT2D eigenvalue weighted by Gasteiger charge is -2.14. The fourth-order valence-corrected chi connectivity index (χ4v) is 2.88. The molecule has 1 heterocycles. The van der Waals surface area contributed by atoms with Gasteiger partial charge in [0.25, 0.3) is 0 Å². The molecule has 0 saturated heterocycles. The number of nitrogens with zero attached hydrogens (tertiary/aromatic N) is 1. The molecule has 1 aromatic heterocycles. The maximum Gasteiger partial charge on any atom is 0.122 e. The van der Waals surface area contributed by atoms with Gasteiger partial charge in [-0.3, -0.25) is 0 Å². The molecule has 1 aromatic carbocycles. The number of hydrogen-bond donors (Lipinski definition) is 1. The molecule has 0 saturated carbocycles. The van der Waals surface area contributed by atoms with Crippen LogP contribution in [0.25, 0.3) is 0 Å². The summed E-state index contributed by atoms with van der Waals surface area (Å²) >= 11 is 7.52. The predicted molar refractivity (Wildman–Crippen MR) is 89.3 cm³/mol. The molecule has 2 rings (SSSR count). The minimum atomic E-state index is 0.313. The van der Waals surface area contributed by atoms with E-state index >= 15 is 0 Å². The van der Waals surface area contributed by atoms with Gasteiger partial charge in [0.2, 0.25) is 0 Å². The Balaban J connectivity index is 2.15. The van der Waals surface area contributed by atoms with E-state index in [9.17, 15) is 0 Å². The number of benzene rings is 1. The van der Waals surface area contributed by atoms with Gasteiger partial charge in [0.05, 0.1) is 17.2 Å². The zero-order chi connectivity index (χ0) is 15.2. The highest BCUT2D eigenvalue weighted by atomic mass is 35.5. The van der Waals surface area contributed by atoms with E-state index in [1.54, 1.807) is 25.1 Å². The standard InChI is InChI=1S/C16H19ClN2OS/c1-11(18-2)12-4-6-15(20-3)13(8-12)10-21-16-7-5-14(17)9-19-16/h4-9,11,18H,10H2,1-3H3. The second kappa shape index (κ2) is 7.69. The molecular weight excluding hydrogens is 304 g/mol. The van der Waals surface area contributed by atoms with Crippen molar-refractivity contribution in [3.63, 3.8) is 0 Å². The fraction of sp³-hybridized carbons (Fsp3) is 0.312. The molecule has 1 atom stereocenters. The fourth-order valence-electron chi connectivity index (χ4n) is 1.95. The molecule has 0 aliphatic rings. The lowest BCUT2D eigenvalue weighted by molar-refractivity contribution is 0.411. The number of nitrogens with one attached hydrogen (secondary N) is 1. The first-order chi connectivity index (χ1) is 10.1. The number of halogens is 1. The summed E-state index contributed by atoms with van der Waals surface area (Å²) in [4.78, 5) is 4.30. The van der Waals surface area contributed by atoms with Crippen molar-refractivity contribution in [2.75, 3.05) is 14.2 Å². The normalized spacial score (nSPS) is 12.2. The highest BCUT2D eigenvalue weighted by Crippen LogP contribution is 2.29. The van der Waals surface area contributed by atoms with Crippen LogP contribution in [0.1, 0.15) is 24.1 Å². The average molecular weight is 323 g/mol. The van der Waals surface area contributed by atoms with Gasteiger partial charge >= 0.3 is 0 Å². The van der Waals surface area contributed by atoms with E-state index in [0.29, 0.717) is 11.1 Å². The molecule has 21 heavy (non-hydrogen) atoms. The van der Waals surface area contributed by atoms with E-state index in [1.807, 2.05) is 25.2 Å². The van der Waals surface area contributed by atoms with Crippen molar-refractivity contribution in [3.05, 3.63) is 52.7 Å². The van der Waals surface area contributed by atoms with Crippen LogP contribution in [-0.4, -0.2) is 19.1 Å². The van der Waals surface area contributed by atoms with Crippen molar-refractivity contribution in [3.8, 4) is 5.75 Å². The molecule has 5 heteroatoms. The molecule has 0 fully saturated rings. The van der Waals surface area contributed by atoms with Crippen LogP contribution < -0.4 is 10.1 Å². The molecule has 0 amide bonds. The van der Waals surface area contributed by atoms with Gasteiger partial charge < -0.3 is 10.1 Å². The lowest BCUT2D eigenvalue weighted by atomic mass is 10.1. The second-order valence-corrected chi connectivity index (χ2v) is 6.12. The predicted octanol–water partition coefficient (Wildman–Crippen LogP) is 4.32. The van der Waals surface area contributed by atoms with Crippen molar-refractivity contribution in [1.82, 2.24) is 10.3 Å². The quantitative estimate of drug-likeness (QED) is 0.803. The zero-order valence-corrected chi connectivity index (χ0v) is 14.0. The lowest BCUT2D eigenvalue weighted by Crippen LogP contribution is -2.12. The van der Waals surface area contributed by atoms with Crippen molar-refractivity contribution in [2.24, 2.45) is 0 Å². The van der Waals surface area contributed by atoms with Crippen molar-refractivity contribution >= 4 is 23.4 Å². The molecule has 0 aliphatic carbocycles. The molecule has 1 unspecified atom stereocenters. The molecule has 2 aromatic rings. The second-order valence-electron chi connectivity index (χ2n) is 4.68. The molecule has 0 bridgehead atoms. The molecule has 1 N–H and O–H groups in total. The third-order valence-corrected chi connectivity index (χ3v) is 4.53. The summed E-state index contributed by atoms with van der Waals surface area (Å²) in [7, 11) is 3.66. The first kappa shape index (κ1) is 16.1. The number of methoxy groups -OCH3 is 1. The summed E-state index contributed by atoms with van der Waals surface area (Å²) in [6.45, 7) is 2.14. The van der Waals surface area contributed by atoms with Crippen LogP contribution in [0.3, 0.4) is 0 Å². The van der Waals surface area contributed by atoms with Gasteiger partial charge in [-0.2, -0.15) is 0 Å². The highest BCUT2D eigenvalue weighted by molar-refractivity contribution is 7.98. The van der Waals surface area contributed by atoms with Crippen molar-refractivity contribution in [1.29, 1.82) is 0 Å².